The number of carbonyl (C=O) groups excluding carboxylic acids is 1. The van der Waals surface area contributed by atoms with Gasteiger partial charge in [0.2, 0.25) is 5.91 Å². The first-order chi connectivity index (χ1) is 7.58. The highest BCUT2D eigenvalue weighted by Crippen LogP contribution is 2.16. The number of halogens is 1. The van der Waals surface area contributed by atoms with Gasteiger partial charge in [-0.2, -0.15) is 10.5 Å². The Hall–Kier alpha value is -2.40. The zero-order chi connectivity index (χ0) is 12.1. The van der Waals surface area contributed by atoms with Gasteiger partial charge < -0.3 is 5.32 Å². The van der Waals surface area contributed by atoms with Gasteiger partial charge in [0.05, 0.1) is 23.4 Å². The molecule has 0 radical (unpaired) electrons. The molecule has 16 heavy (non-hydrogen) atoms. The Balaban J connectivity index is 2.88. The third-order valence-electron chi connectivity index (χ3n) is 1.94. The lowest BCUT2D eigenvalue weighted by Gasteiger charge is -2.07. The second-order valence-corrected chi connectivity index (χ2v) is 3.15. The van der Waals surface area contributed by atoms with Gasteiger partial charge in [0.25, 0.3) is 0 Å². The number of amides is 1. The molecule has 0 aliphatic heterocycles. The molecule has 1 aromatic carbocycles. The van der Waals surface area contributed by atoms with E-state index in [4.69, 9.17) is 10.5 Å². The van der Waals surface area contributed by atoms with E-state index >= 15 is 0 Å². The minimum absolute atomic E-state index is 0.0360. The van der Waals surface area contributed by atoms with E-state index in [-0.39, 0.29) is 11.3 Å². The second-order valence-electron chi connectivity index (χ2n) is 3.15. The molecule has 0 saturated carbocycles. The topological polar surface area (TPSA) is 76.7 Å². The molecule has 1 N–H and O–H groups in total. The molecule has 0 bridgehead atoms. The zero-order valence-electron chi connectivity index (χ0n) is 8.49. The van der Waals surface area contributed by atoms with E-state index in [2.05, 4.69) is 5.32 Å². The normalized spacial score (nSPS) is 11.0. The zero-order valence-corrected chi connectivity index (χ0v) is 8.49. The van der Waals surface area contributed by atoms with Crippen LogP contribution in [0.25, 0.3) is 0 Å². The monoisotopic (exact) mass is 217 g/mol. The highest BCUT2D eigenvalue weighted by Gasteiger charge is 2.13. The number of nitriles is 2. The number of benzene rings is 1. The molecule has 1 aromatic rings. The van der Waals surface area contributed by atoms with Crippen LogP contribution in [0.15, 0.2) is 18.2 Å². The highest BCUT2D eigenvalue weighted by molar-refractivity contribution is 5.93. The molecule has 0 aliphatic rings. The maximum absolute atomic E-state index is 13.3. The fourth-order valence-corrected chi connectivity index (χ4v) is 0.986. The summed E-state index contributed by atoms with van der Waals surface area (Å²) in [5, 5.41) is 19.3. The molecule has 1 amide bonds. The van der Waals surface area contributed by atoms with Crippen molar-refractivity contribution in [2.24, 2.45) is 5.92 Å². The molecule has 0 saturated heterocycles. The molecular weight excluding hydrogens is 209 g/mol. The number of hydrogen-bond donors (Lipinski definition) is 1. The first kappa shape index (κ1) is 11.7. The molecule has 1 atom stereocenters. The van der Waals surface area contributed by atoms with Crippen LogP contribution in [0.3, 0.4) is 0 Å². The summed E-state index contributed by atoms with van der Waals surface area (Å²) in [6.07, 6.45) is 0. The first-order valence-corrected chi connectivity index (χ1v) is 4.48. The van der Waals surface area contributed by atoms with Crippen molar-refractivity contribution in [2.75, 3.05) is 5.32 Å². The van der Waals surface area contributed by atoms with Crippen molar-refractivity contribution in [1.82, 2.24) is 0 Å². The first-order valence-electron chi connectivity index (χ1n) is 4.48. The van der Waals surface area contributed by atoms with Crippen molar-refractivity contribution < 1.29 is 9.18 Å². The summed E-state index contributed by atoms with van der Waals surface area (Å²) in [5.41, 5.74) is 0.134. The van der Waals surface area contributed by atoms with E-state index < -0.39 is 17.6 Å². The van der Waals surface area contributed by atoms with E-state index in [1.54, 1.807) is 12.1 Å². The van der Waals surface area contributed by atoms with E-state index in [0.29, 0.717) is 0 Å². The van der Waals surface area contributed by atoms with Crippen molar-refractivity contribution in [3.63, 3.8) is 0 Å². The molecule has 0 heterocycles. The van der Waals surface area contributed by atoms with Crippen molar-refractivity contribution in [1.29, 1.82) is 10.5 Å². The Labute approximate surface area is 91.9 Å². The summed E-state index contributed by atoms with van der Waals surface area (Å²) in [4.78, 5) is 11.3. The number of anilines is 1. The highest BCUT2D eigenvalue weighted by atomic mass is 19.1. The van der Waals surface area contributed by atoms with Gasteiger partial charge in [-0.3, -0.25) is 4.79 Å². The third-order valence-corrected chi connectivity index (χ3v) is 1.94. The lowest BCUT2D eigenvalue weighted by Crippen LogP contribution is -2.19. The maximum atomic E-state index is 13.3. The molecule has 0 fully saturated rings. The Kier molecular flexibility index (Phi) is 3.58. The van der Waals surface area contributed by atoms with Gasteiger partial charge in [0, 0.05) is 0 Å². The predicted octanol–water partition coefficient (Wildman–Crippen LogP) is 1.80. The van der Waals surface area contributed by atoms with Gasteiger partial charge in [-0.1, -0.05) is 0 Å². The predicted molar refractivity (Wildman–Crippen MR) is 54.5 cm³/mol. The Morgan fingerprint density at radius 1 is 1.50 bits per heavy atom. The van der Waals surface area contributed by atoms with Crippen LogP contribution in [0.5, 0.6) is 0 Å². The average Bonchev–Trinajstić information content (AvgIpc) is 2.30. The summed E-state index contributed by atoms with van der Waals surface area (Å²) >= 11 is 0. The summed E-state index contributed by atoms with van der Waals surface area (Å²) in [6.45, 7) is 1.41. The minimum Gasteiger partial charge on any atom is -0.322 e. The average molecular weight is 217 g/mol. The second kappa shape index (κ2) is 4.90. The van der Waals surface area contributed by atoms with Crippen LogP contribution in [0.4, 0.5) is 10.1 Å². The molecule has 0 spiro atoms. The van der Waals surface area contributed by atoms with Crippen LogP contribution in [-0.4, -0.2) is 5.91 Å². The fraction of sp³-hybridized carbons (Fsp3) is 0.182. The van der Waals surface area contributed by atoms with Gasteiger partial charge in [-0.25, -0.2) is 4.39 Å². The Morgan fingerprint density at radius 2 is 2.19 bits per heavy atom. The maximum Gasteiger partial charge on any atom is 0.241 e. The molecular formula is C11H8FN3O. The van der Waals surface area contributed by atoms with Crippen molar-refractivity contribution in [3.8, 4) is 12.1 Å². The van der Waals surface area contributed by atoms with Crippen LogP contribution in [-0.2, 0) is 4.79 Å². The van der Waals surface area contributed by atoms with Crippen LogP contribution in [0.1, 0.15) is 12.5 Å². The number of rotatable bonds is 2. The van der Waals surface area contributed by atoms with Gasteiger partial charge in [-0.05, 0) is 25.1 Å². The molecule has 5 heteroatoms. The van der Waals surface area contributed by atoms with Crippen LogP contribution >= 0.6 is 0 Å². The van der Waals surface area contributed by atoms with Crippen LogP contribution < -0.4 is 5.32 Å². The van der Waals surface area contributed by atoms with Crippen molar-refractivity contribution in [3.05, 3.63) is 29.6 Å². The fourth-order valence-electron chi connectivity index (χ4n) is 0.986. The van der Waals surface area contributed by atoms with Crippen LogP contribution in [0.2, 0.25) is 0 Å². The SMILES string of the molecule is CC(C#N)C(=O)Nc1ccc(C#N)cc1F. The van der Waals surface area contributed by atoms with Gasteiger partial charge in [0.15, 0.2) is 0 Å². The molecule has 80 valence electrons. The summed E-state index contributed by atoms with van der Waals surface area (Å²) in [6, 6.07) is 7.21. The molecule has 1 unspecified atom stereocenters. The lowest BCUT2D eigenvalue weighted by molar-refractivity contribution is -0.117. The summed E-state index contributed by atoms with van der Waals surface area (Å²) in [5.74, 6) is -2.13. The Morgan fingerprint density at radius 3 is 2.69 bits per heavy atom. The Bertz CT molecular complexity index is 499. The largest absolute Gasteiger partial charge is 0.322 e. The third kappa shape index (κ3) is 2.55. The van der Waals surface area contributed by atoms with E-state index in [9.17, 15) is 9.18 Å². The molecule has 0 aliphatic carbocycles. The molecule has 4 nitrogen and oxygen atoms in total. The van der Waals surface area contributed by atoms with Gasteiger partial charge in [0.1, 0.15) is 11.7 Å². The van der Waals surface area contributed by atoms with Gasteiger partial charge in [-0.15, -0.1) is 0 Å². The van der Waals surface area contributed by atoms with Crippen molar-refractivity contribution >= 4 is 11.6 Å². The molecule has 1 rings (SSSR count). The van der Waals surface area contributed by atoms with Crippen LogP contribution in [0, 0.1) is 34.4 Å². The minimum atomic E-state index is -0.852. The van der Waals surface area contributed by atoms with E-state index in [0.717, 1.165) is 6.07 Å². The van der Waals surface area contributed by atoms with Gasteiger partial charge >= 0.3 is 0 Å². The lowest BCUT2D eigenvalue weighted by atomic mass is 10.1. The standard InChI is InChI=1S/C11H8FN3O/c1-7(5-13)11(16)15-10-3-2-8(6-14)4-9(10)12/h2-4,7H,1H3,(H,15,16). The number of hydrogen-bond acceptors (Lipinski definition) is 3. The smallest absolute Gasteiger partial charge is 0.241 e. The molecule has 0 aromatic heterocycles. The van der Waals surface area contributed by atoms with Crippen molar-refractivity contribution in [2.45, 2.75) is 6.92 Å². The quantitative estimate of drug-likeness (QED) is 0.820. The number of nitrogens with zero attached hydrogens (tertiary/aromatic N) is 2. The number of nitrogens with one attached hydrogen (secondary N) is 1. The number of carbonyl (C=O) groups is 1. The van der Waals surface area contributed by atoms with E-state index in [1.165, 1.54) is 19.1 Å². The van der Waals surface area contributed by atoms with E-state index in [1.807, 2.05) is 0 Å². The summed E-state index contributed by atoms with van der Waals surface area (Å²) in [7, 11) is 0. The summed E-state index contributed by atoms with van der Waals surface area (Å²) < 4.78 is 13.3.